The molecule has 0 spiro atoms. The lowest BCUT2D eigenvalue weighted by Crippen LogP contribution is -2.43. The first-order chi connectivity index (χ1) is 13.8. The molecule has 29 heavy (non-hydrogen) atoms. The number of aryl methyl sites for hydroxylation is 1. The van der Waals surface area contributed by atoms with Gasteiger partial charge in [-0.05, 0) is 42.7 Å². The molecule has 0 bridgehead atoms. The fourth-order valence-corrected chi connectivity index (χ4v) is 3.95. The lowest BCUT2D eigenvalue weighted by atomic mass is 10.1. The molecule has 0 aliphatic carbocycles. The van der Waals surface area contributed by atoms with Crippen LogP contribution in [-0.2, 0) is 22.7 Å². The largest absolute Gasteiger partial charge is 0.333 e. The lowest BCUT2D eigenvalue weighted by Gasteiger charge is -2.29. The van der Waals surface area contributed by atoms with Gasteiger partial charge in [0.05, 0.1) is 13.1 Å². The predicted molar refractivity (Wildman–Crippen MR) is 116 cm³/mol. The van der Waals surface area contributed by atoms with Crippen molar-refractivity contribution in [3.8, 4) is 0 Å². The number of thiophene rings is 1. The van der Waals surface area contributed by atoms with Crippen molar-refractivity contribution in [2.45, 2.75) is 53.6 Å². The zero-order chi connectivity index (χ0) is 21.4. The topological polar surface area (TPSA) is 40.6 Å². The number of halogens is 1. The minimum absolute atomic E-state index is 0.00708. The number of amides is 2. The Hall–Kier alpha value is -2.21. The molecule has 0 fully saturated rings. The van der Waals surface area contributed by atoms with Gasteiger partial charge in [-0.2, -0.15) is 0 Å². The summed E-state index contributed by atoms with van der Waals surface area (Å²) in [7, 11) is 0. The summed E-state index contributed by atoms with van der Waals surface area (Å²) in [5, 5.41) is 0. The Morgan fingerprint density at radius 1 is 1.00 bits per heavy atom. The van der Waals surface area contributed by atoms with Crippen LogP contribution >= 0.6 is 11.3 Å². The van der Waals surface area contributed by atoms with E-state index in [2.05, 4.69) is 13.8 Å². The molecule has 1 atom stereocenters. The summed E-state index contributed by atoms with van der Waals surface area (Å²) in [5.74, 6) is -0.0598. The Balaban J connectivity index is 2.18. The molecule has 0 unspecified atom stereocenters. The van der Waals surface area contributed by atoms with E-state index in [1.807, 2.05) is 26.0 Å². The summed E-state index contributed by atoms with van der Waals surface area (Å²) < 4.78 is 13.3. The maximum Gasteiger partial charge on any atom is 0.242 e. The molecule has 1 aromatic carbocycles. The Morgan fingerprint density at radius 2 is 1.69 bits per heavy atom. The van der Waals surface area contributed by atoms with Crippen LogP contribution in [0.4, 0.5) is 4.39 Å². The minimum Gasteiger partial charge on any atom is -0.333 e. The molecule has 2 rings (SSSR count). The van der Waals surface area contributed by atoms with E-state index in [0.29, 0.717) is 32.0 Å². The van der Waals surface area contributed by atoms with Crippen molar-refractivity contribution in [1.29, 1.82) is 0 Å². The molecular weight excluding hydrogens is 387 g/mol. The number of carbonyl (C=O) groups is 2. The van der Waals surface area contributed by atoms with Crippen LogP contribution in [0.5, 0.6) is 0 Å². The van der Waals surface area contributed by atoms with Gasteiger partial charge in [-0.3, -0.25) is 9.59 Å². The van der Waals surface area contributed by atoms with Gasteiger partial charge < -0.3 is 9.80 Å². The summed E-state index contributed by atoms with van der Waals surface area (Å²) >= 11 is 1.66. The minimum atomic E-state index is -0.297. The van der Waals surface area contributed by atoms with Gasteiger partial charge in [-0.15, -0.1) is 11.3 Å². The quantitative estimate of drug-likeness (QED) is 0.544. The molecule has 158 valence electrons. The van der Waals surface area contributed by atoms with E-state index < -0.39 is 0 Å². The van der Waals surface area contributed by atoms with E-state index in [0.717, 1.165) is 16.9 Å². The summed E-state index contributed by atoms with van der Waals surface area (Å²) in [4.78, 5) is 31.3. The van der Waals surface area contributed by atoms with Gasteiger partial charge in [0, 0.05) is 29.3 Å². The summed E-state index contributed by atoms with van der Waals surface area (Å²) in [6.45, 7) is 9.54. The predicted octanol–water partition coefficient (Wildman–Crippen LogP) is 5.01. The van der Waals surface area contributed by atoms with Gasteiger partial charge in [-0.25, -0.2) is 4.39 Å². The fourth-order valence-electron chi connectivity index (χ4n) is 3.05. The van der Waals surface area contributed by atoms with Crippen molar-refractivity contribution in [3.05, 3.63) is 57.5 Å². The first-order valence-corrected chi connectivity index (χ1v) is 11.0. The van der Waals surface area contributed by atoms with Crippen LogP contribution in [0.25, 0.3) is 0 Å². The van der Waals surface area contributed by atoms with E-state index in [9.17, 15) is 14.0 Å². The van der Waals surface area contributed by atoms with Crippen LogP contribution in [0.3, 0.4) is 0 Å². The lowest BCUT2D eigenvalue weighted by molar-refractivity contribution is -0.141. The van der Waals surface area contributed by atoms with Crippen LogP contribution < -0.4 is 0 Å². The maximum atomic E-state index is 13.3. The zero-order valence-corrected chi connectivity index (χ0v) is 18.6. The van der Waals surface area contributed by atoms with E-state index in [-0.39, 0.29) is 24.2 Å². The van der Waals surface area contributed by atoms with E-state index in [1.54, 1.807) is 33.3 Å². The molecule has 0 N–H and O–H groups in total. The van der Waals surface area contributed by atoms with Crippen molar-refractivity contribution in [3.63, 3.8) is 0 Å². The Kier molecular flexibility index (Phi) is 8.83. The molecule has 1 heterocycles. The second kappa shape index (κ2) is 11.1. The standard InChI is InChI=1S/C23H31FN2O2S/c1-5-17(3)13-25(22(27)6-2)16-23(28)26(15-21-12-7-18(4)29-21)14-19-8-10-20(24)11-9-19/h7-12,17H,5-6,13-16H2,1-4H3/t17-/m0/s1. The average Bonchev–Trinajstić information content (AvgIpc) is 3.12. The molecule has 6 heteroatoms. The molecule has 0 aliphatic heterocycles. The van der Waals surface area contributed by atoms with Crippen LogP contribution in [0.2, 0.25) is 0 Å². The molecule has 4 nitrogen and oxygen atoms in total. The second-order valence-corrected chi connectivity index (χ2v) is 8.90. The van der Waals surface area contributed by atoms with E-state index in [1.165, 1.54) is 17.0 Å². The zero-order valence-electron chi connectivity index (χ0n) is 17.8. The smallest absolute Gasteiger partial charge is 0.242 e. The molecule has 2 amide bonds. The van der Waals surface area contributed by atoms with Gasteiger partial charge in [0.1, 0.15) is 5.82 Å². The van der Waals surface area contributed by atoms with E-state index >= 15 is 0 Å². The highest BCUT2D eigenvalue weighted by Crippen LogP contribution is 2.19. The normalized spacial score (nSPS) is 11.9. The first kappa shape index (κ1) is 23.1. The summed E-state index contributed by atoms with van der Waals surface area (Å²) in [6, 6.07) is 10.3. The monoisotopic (exact) mass is 418 g/mol. The van der Waals surface area contributed by atoms with Gasteiger partial charge in [-0.1, -0.05) is 39.3 Å². The molecule has 0 saturated carbocycles. The maximum absolute atomic E-state index is 13.3. The number of nitrogens with zero attached hydrogens (tertiary/aromatic N) is 2. The van der Waals surface area contributed by atoms with Crippen LogP contribution in [0.15, 0.2) is 36.4 Å². The molecule has 0 radical (unpaired) electrons. The van der Waals surface area contributed by atoms with Crippen LogP contribution in [-0.4, -0.2) is 34.7 Å². The van der Waals surface area contributed by atoms with E-state index in [4.69, 9.17) is 0 Å². The van der Waals surface area contributed by atoms with Crippen molar-refractivity contribution in [2.24, 2.45) is 5.92 Å². The third-order valence-electron chi connectivity index (χ3n) is 4.99. The average molecular weight is 419 g/mol. The first-order valence-electron chi connectivity index (χ1n) is 10.2. The fraction of sp³-hybridized carbons (Fsp3) is 0.478. The summed E-state index contributed by atoms with van der Waals surface area (Å²) in [6.07, 6.45) is 1.33. The third kappa shape index (κ3) is 7.28. The van der Waals surface area contributed by atoms with Gasteiger partial charge >= 0.3 is 0 Å². The molecule has 1 aromatic heterocycles. The Bertz CT molecular complexity index is 803. The van der Waals surface area contributed by atoms with Gasteiger partial charge in [0.2, 0.25) is 11.8 Å². The highest BCUT2D eigenvalue weighted by molar-refractivity contribution is 7.11. The van der Waals surface area contributed by atoms with Crippen LogP contribution in [0.1, 0.15) is 48.9 Å². The SMILES string of the molecule is CCC(=O)N(CC(=O)N(Cc1ccc(F)cc1)Cc1ccc(C)s1)C[C@@H](C)CC. The van der Waals surface area contributed by atoms with Crippen molar-refractivity contribution in [1.82, 2.24) is 9.80 Å². The number of carbonyl (C=O) groups excluding carboxylic acids is 2. The van der Waals surface area contributed by atoms with Crippen LogP contribution in [0, 0.1) is 18.7 Å². The second-order valence-electron chi connectivity index (χ2n) is 7.53. The highest BCUT2D eigenvalue weighted by atomic mass is 32.1. The third-order valence-corrected chi connectivity index (χ3v) is 5.98. The summed E-state index contributed by atoms with van der Waals surface area (Å²) in [5.41, 5.74) is 0.864. The number of rotatable bonds is 10. The molecular formula is C23H31FN2O2S. The molecule has 0 aliphatic rings. The molecule has 0 saturated heterocycles. The Morgan fingerprint density at radius 3 is 2.24 bits per heavy atom. The molecule has 2 aromatic rings. The number of hydrogen-bond acceptors (Lipinski definition) is 3. The number of hydrogen-bond donors (Lipinski definition) is 0. The van der Waals surface area contributed by atoms with Crippen molar-refractivity contribution >= 4 is 23.2 Å². The Labute approximate surface area is 177 Å². The van der Waals surface area contributed by atoms with Crippen molar-refractivity contribution < 1.29 is 14.0 Å². The van der Waals surface area contributed by atoms with Gasteiger partial charge in [0.15, 0.2) is 0 Å². The van der Waals surface area contributed by atoms with Crippen molar-refractivity contribution in [2.75, 3.05) is 13.1 Å². The van der Waals surface area contributed by atoms with Gasteiger partial charge in [0.25, 0.3) is 0 Å². The highest BCUT2D eigenvalue weighted by Gasteiger charge is 2.22. The number of benzene rings is 1.